The molecule has 2 aromatic rings. The van der Waals surface area contributed by atoms with Crippen molar-refractivity contribution < 1.29 is 24.3 Å². The smallest absolute Gasteiger partial charge is 0.332 e. The molecule has 0 radical (unpaired) electrons. The van der Waals surface area contributed by atoms with Gasteiger partial charge in [-0.25, -0.2) is 4.79 Å². The minimum Gasteiger partial charge on any atom is -0.481 e. The molecule has 3 rings (SSSR count). The van der Waals surface area contributed by atoms with Crippen LogP contribution in [0, 0.1) is 11.8 Å². The van der Waals surface area contributed by atoms with Gasteiger partial charge in [-0.3, -0.25) is 9.59 Å². The second kappa shape index (κ2) is 8.87. The normalized spacial score (nSPS) is 11.6. The Balaban J connectivity index is 1.81. The molecule has 0 unspecified atom stereocenters. The minimum atomic E-state index is -0.987. The lowest BCUT2D eigenvalue weighted by atomic mass is 9.88. The minimum absolute atomic E-state index is 0.0895. The number of rotatable bonds is 5. The van der Waals surface area contributed by atoms with Crippen molar-refractivity contribution in [3.05, 3.63) is 59.2 Å². The van der Waals surface area contributed by atoms with Crippen molar-refractivity contribution in [1.29, 1.82) is 0 Å². The second-order valence-electron chi connectivity index (χ2n) is 6.34. The first kappa shape index (κ1) is 19.2. The number of benzene rings is 2. The second-order valence-corrected chi connectivity index (χ2v) is 6.34. The Morgan fingerprint density at radius 2 is 1.89 bits per heavy atom. The van der Waals surface area contributed by atoms with Gasteiger partial charge in [-0.15, -0.1) is 0 Å². The Kier molecular flexibility index (Phi) is 6.07. The molecule has 0 heterocycles. The van der Waals surface area contributed by atoms with Crippen molar-refractivity contribution in [2.45, 2.75) is 32.1 Å². The van der Waals surface area contributed by atoms with Crippen LogP contribution in [-0.4, -0.2) is 23.0 Å². The fourth-order valence-corrected chi connectivity index (χ4v) is 3.07. The van der Waals surface area contributed by atoms with Crippen molar-refractivity contribution >= 4 is 17.8 Å². The molecule has 0 saturated carbocycles. The van der Waals surface area contributed by atoms with E-state index >= 15 is 0 Å². The van der Waals surface area contributed by atoms with Gasteiger partial charge in [0.05, 0.1) is 5.56 Å². The number of hydrogen-bond acceptors (Lipinski definition) is 4. The highest BCUT2D eigenvalue weighted by molar-refractivity contribution is 6.02. The summed E-state index contributed by atoms with van der Waals surface area (Å²) in [7, 11) is 0. The van der Waals surface area contributed by atoms with Crippen LogP contribution in [0.15, 0.2) is 42.5 Å². The third-order valence-corrected chi connectivity index (χ3v) is 4.37. The molecule has 6 nitrogen and oxygen atoms in total. The van der Waals surface area contributed by atoms with E-state index in [2.05, 4.69) is 17.3 Å². The lowest BCUT2D eigenvalue weighted by Crippen LogP contribution is -2.27. The zero-order valence-electron chi connectivity index (χ0n) is 15.2. The van der Waals surface area contributed by atoms with Crippen LogP contribution in [0.1, 0.15) is 47.2 Å². The summed E-state index contributed by atoms with van der Waals surface area (Å²) in [6.07, 6.45) is 1.45. The molecule has 0 spiro atoms. The van der Waals surface area contributed by atoms with Gasteiger partial charge in [-0.05, 0) is 36.1 Å². The zero-order chi connectivity index (χ0) is 19.9. The van der Waals surface area contributed by atoms with Gasteiger partial charge < -0.3 is 9.94 Å². The van der Waals surface area contributed by atoms with Gasteiger partial charge in [-0.2, -0.15) is 5.48 Å². The summed E-state index contributed by atoms with van der Waals surface area (Å²) >= 11 is 0. The topological polar surface area (TPSA) is 92.7 Å². The highest BCUT2D eigenvalue weighted by Crippen LogP contribution is 2.32. The van der Waals surface area contributed by atoms with Gasteiger partial charge in [-0.1, -0.05) is 42.2 Å². The number of aliphatic carboxylic acids is 1. The fraction of sp³-hybridized carbons (Fsp3) is 0.227. The molecule has 0 aliphatic heterocycles. The summed E-state index contributed by atoms with van der Waals surface area (Å²) in [5, 5.41) is 8.60. The van der Waals surface area contributed by atoms with E-state index in [1.165, 1.54) is 0 Å². The van der Waals surface area contributed by atoms with Crippen LogP contribution in [0.25, 0.3) is 11.1 Å². The Bertz CT molecular complexity index is 984. The molecular weight excluding hydrogens is 358 g/mol. The molecule has 0 bridgehead atoms. The lowest BCUT2D eigenvalue weighted by Gasteiger charge is -2.16. The number of hydrogen-bond donors (Lipinski definition) is 2. The maximum absolute atomic E-state index is 12.7. The summed E-state index contributed by atoms with van der Waals surface area (Å²) in [5.41, 5.74) is 6.02. The molecule has 1 aliphatic carbocycles. The van der Waals surface area contributed by atoms with E-state index in [0.717, 1.165) is 29.5 Å². The molecule has 0 atom stereocenters. The molecule has 0 aromatic heterocycles. The largest absolute Gasteiger partial charge is 0.481 e. The van der Waals surface area contributed by atoms with Crippen molar-refractivity contribution in [3.8, 4) is 23.0 Å². The summed E-state index contributed by atoms with van der Waals surface area (Å²) in [4.78, 5) is 39.7. The van der Waals surface area contributed by atoms with Gasteiger partial charge in [0.2, 0.25) is 0 Å². The molecule has 28 heavy (non-hydrogen) atoms. The molecule has 2 N–H and O–H groups in total. The van der Waals surface area contributed by atoms with Crippen molar-refractivity contribution in [1.82, 2.24) is 5.48 Å². The Labute approximate surface area is 162 Å². The number of carboxylic acids is 1. The highest BCUT2D eigenvalue weighted by Gasteiger charge is 2.20. The molecule has 1 amide bonds. The van der Waals surface area contributed by atoms with Crippen molar-refractivity contribution in [3.63, 3.8) is 0 Å². The average Bonchev–Trinajstić information content (AvgIpc) is 2.67. The van der Waals surface area contributed by atoms with E-state index in [-0.39, 0.29) is 19.3 Å². The van der Waals surface area contributed by atoms with Crippen LogP contribution in [0.5, 0.6) is 0 Å². The quantitative estimate of drug-likeness (QED) is 0.617. The van der Waals surface area contributed by atoms with E-state index in [4.69, 9.17) is 9.94 Å². The summed E-state index contributed by atoms with van der Waals surface area (Å²) in [6.45, 7) is 0. The Morgan fingerprint density at radius 3 is 2.71 bits per heavy atom. The number of fused-ring (bicyclic) bond motifs is 3. The number of hydroxylamine groups is 1. The van der Waals surface area contributed by atoms with Gasteiger partial charge in [0, 0.05) is 30.4 Å². The van der Waals surface area contributed by atoms with Gasteiger partial charge in [0.1, 0.15) is 0 Å². The van der Waals surface area contributed by atoms with Crippen LogP contribution in [0.4, 0.5) is 0 Å². The average molecular weight is 377 g/mol. The fourth-order valence-electron chi connectivity index (χ4n) is 3.07. The van der Waals surface area contributed by atoms with Crippen molar-refractivity contribution in [2.24, 2.45) is 0 Å². The first-order valence-corrected chi connectivity index (χ1v) is 8.98. The number of carbonyl (C=O) groups is 3. The van der Waals surface area contributed by atoms with E-state index in [9.17, 15) is 14.4 Å². The number of carboxylic acid groups (broad SMARTS) is 1. The van der Waals surface area contributed by atoms with E-state index in [1.807, 2.05) is 30.3 Å². The molecule has 0 fully saturated rings. The van der Waals surface area contributed by atoms with Crippen LogP contribution in [0.3, 0.4) is 0 Å². The van der Waals surface area contributed by atoms with Gasteiger partial charge >= 0.3 is 11.9 Å². The standard InChI is InChI=1S/C22H19NO5/c24-19(25)13-6-14-20(26)28-23-22(27)18-12-5-10-16-9-2-1-7-15-8-3-4-11-17(15)21(16)18/h3-5,8,10-12H,1,6-7,13-14H2,(H,23,27)(H,24,25). The first-order valence-electron chi connectivity index (χ1n) is 8.98. The number of nitrogens with one attached hydrogen (secondary N) is 1. The Morgan fingerprint density at radius 1 is 1.07 bits per heavy atom. The molecule has 142 valence electrons. The number of carbonyl (C=O) groups excluding carboxylic acids is 2. The predicted octanol–water partition coefficient (Wildman–Crippen LogP) is 3.09. The van der Waals surface area contributed by atoms with Crippen molar-refractivity contribution in [2.75, 3.05) is 0 Å². The number of aryl methyl sites for hydroxylation is 1. The summed E-state index contributed by atoms with van der Waals surface area (Å²) in [6, 6.07) is 13.1. The van der Waals surface area contributed by atoms with Gasteiger partial charge in [0.25, 0.3) is 5.91 Å². The zero-order valence-corrected chi connectivity index (χ0v) is 15.2. The Hall–Kier alpha value is -3.59. The lowest BCUT2D eigenvalue weighted by molar-refractivity contribution is -0.149. The van der Waals surface area contributed by atoms with E-state index in [0.29, 0.717) is 11.1 Å². The SMILES string of the molecule is O=C(O)CCCC(=O)ONC(=O)c1cccc2c1-c1ccccc1CCC#C2. The van der Waals surface area contributed by atoms with E-state index < -0.39 is 17.8 Å². The maximum atomic E-state index is 12.7. The van der Waals surface area contributed by atoms with Gasteiger partial charge in [0.15, 0.2) is 0 Å². The third-order valence-electron chi connectivity index (χ3n) is 4.37. The monoisotopic (exact) mass is 377 g/mol. The maximum Gasteiger partial charge on any atom is 0.332 e. The number of amides is 1. The van der Waals surface area contributed by atoms with Crippen LogP contribution in [0.2, 0.25) is 0 Å². The van der Waals surface area contributed by atoms with Crippen LogP contribution < -0.4 is 5.48 Å². The first-order chi connectivity index (χ1) is 13.6. The molecule has 6 heteroatoms. The molecular formula is C22H19NO5. The third kappa shape index (κ3) is 4.57. The summed E-state index contributed by atoms with van der Waals surface area (Å²) < 4.78 is 0. The van der Waals surface area contributed by atoms with Crippen LogP contribution in [-0.2, 0) is 20.8 Å². The van der Waals surface area contributed by atoms with Crippen LogP contribution >= 0.6 is 0 Å². The highest BCUT2D eigenvalue weighted by atomic mass is 16.7. The molecule has 2 aromatic carbocycles. The molecule has 0 saturated heterocycles. The molecule has 1 aliphatic rings. The predicted molar refractivity (Wildman–Crippen MR) is 102 cm³/mol. The summed E-state index contributed by atoms with van der Waals surface area (Å²) in [5.74, 6) is 4.00. The van der Waals surface area contributed by atoms with E-state index in [1.54, 1.807) is 12.1 Å².